The van der Waals surface area contributed by atoms with Crippen molar-refractivity contribution in [2.24, 2.45) is 5.73 Å². The summed E-state index contributed by atoms with van der Waals surface area (Å²) in [6.45, 7) is 4.44. The summed E-state index contributed by atoms with van der Waals surface area (Å²) in [5, 5.41) is 4.21. The average Bonchev–Trinajstić information content (AvgIpc) is 2.78. The standard InChI is InChI=1S/C13H16FN3/c1-9(2)17-13(5-6-16-17)11-7-10(8-15)3-4-12(11)14/h3-7,9H,8,15H2,1-2H3. The highest BCUT2D eigenvalue weighted by atomic mass is 19.1. The van der Waals surface area contributed by atoms with E-state index in [1.807, 2.05) is 19.9 Å². The van der Waals surface area contributed by atoms with Crippen molar-refractivity contribution < 1.29 is 4.39 Å². The van der Waals surface area contributed by atoms with Crippen molar-refractivity contribution in [3.63, 3.8) is 0 Å². The summed E-state index contributed by atoms with van der Waals surface area (Å²) in [5.74, 6) is -0.246. The SMILES string of the molecule is CC(C)n1nccc1-c1cc(CN)ccc1F. The summed E-state index contributed by atoms with van der Waals surface area (Å²) < 4.78 is 15.6. The van der Waals surface area contributed by atoms with Gasteiger partial charge in [-0.1, -0.05) is 6.07 Å². The first-order valence-corrected chi connectivity index (χ1v) is 5.66. The zero-order valence-corrected chi connectivity index (χ0v) is 10.0. The zero-order chi connectivity index (χ0) is 12.4. The van der Waals surface area contributed by atoms with Crippen LogP contribution in [-0.2, 0) is 6.54 Å². The Labute approximate surface area is 100 Å². The van der Waals surface area contributed by atoms with Crippen LogP contribution in [0.3, 0.4) is 0 Å². The molecule has 90 valence electrons. The van der Waals surface area contributed by atoms with Crippen LogP contribution in [0.15, 0.2) is 30.5 Å². The Morgan fingerprint density at radius 3 is 2.76 bits per heavy atom. The van der Waals surface area contributed by atoms with Crippen molar-refractivity contribution >= 4 is 0 Å². The van der Waals surface area contributed by atoms with Gasteiger partial charge < -0.3 is 5.73 Å². The molecule has 0 saturated heterocycles. The van der Waals surface area contributed by atoms with Crippen molar-refractivity contribution in [1.82, 2.24) is 9.78 Å². The number of aromatic nitrogens is 2. The first kappa shape index (κ1) is 11.8. The van der Waals surface area contributed by atoms with E-state index in [1.54, 1.807) is 23.0 Å². The molecule has 0 unspecified atom stereocenters. The minimum absolute atomic E-state index is 0.195. The summed E-state index contributed by atoms with van der Waals surface area (Å²) in [6.07, 6.45) is 1.68. The Morgan fingerprint density at radius 2 is 2.12 bits per heavy atom. The van der Waals surface area contributed by atoms with E-state index in [2.05, 4.69) is 5.10 Å². The highest BCUT2D eigenvalue weighted by Gasteiger charge is 2.12. The molecule has 0 atom stereocenters. The first-order chi connectivity index (χ1) is 8.13. The van der Waals surface area contributed by atoms with E-state index in [4.69, 9.17) is 5.73 Å². The molecule has 17 heavy (non-hydrogen) atoms. The number of halogens is 1. The van der Waals surface area contributed by atoms with Crippen molar-refractivity contribution in [3.05, 3.63) is 41.8 Å². The molecule has 1 heterocycles. The second-order valence-corrected chi connectivity index (χ2v) is 4.27. The lowest BCUT2D eigenvalue weighted by molar-refractivity contribution is 0.535. The van der Waals surface area contributed by atoms with Crippen LogP contribution in [0.5, 0.6) is 0 Å². The molecule has 0 saturated carbocycles. The maximum atomic E-state index is 13.8. The minimum Gasteiger partial charge on any atom is -0.326 e. The van der Waals surface area contributed by atoms with Gasteiger partial charge in [0.2, 0.25) is 0 Å². The molecule has 0 spiro atoms. The Hall–Kier alpha value is -1.68. The third kappa shape index (κ3) is 2.22. The molecule has 0 fully saturated rings. The summed E-state index contributed by atoms with van der Waals surface area (Å²) in [5.41, 5.74) is 7.83. The summed E-state index contributed by atoms with van der Waals surface area (Å²) in [4.78, 5) is 0. The quantitative estimate of drug-likeness (QED) is 0.885. The molecule has 1 aromatic heterocycles. The van der Waals surface area contributed by atoms with E-state index in [0.717, 1.165) is 11.3 Å². The number of hydrogen-bond donors (Lipinski definition) is 1. The molecule has 2 N–H and O–H groups in total. The number of benzene rings is 1. The maximum Gasteiger partial charge on any atom is 0.132 e. The average molecular weight is 233 g/mol. The van der Waals surface area contributed by atoms with Crippen LogP contribution < -0.4 is 5.73 Å². The van der Waals surface area contributed by atoms with E-state index in [0.29, 0.717) is 12.1 Å². The lowest BCUT2D eigenvalue weighted by Gasteiger charge is -2.12. The Kier molecular flexibility index (Phi) is 3.24. The number of nitrogens with zero attached hydrogens (tertiary/aromatic N) is 2. The normalized spacial score (nSPS) is 11.1. The van der Waals surface area contributed by atoms with Crippen molar-refractivity contribution in [2.75, 3.05) is 0 Å². The van der Waals surface area contributed by atoms with Crippen LogP contribution in [0.2, 0.25) is 0 Å². The summed E-state index contributed by atoms with van der Waals surface area (Å²) >= 11 is 0. The minimum atomic E-state index is -0.246. The lowest BCUT2D eigenvalue weighted by atomic mass is 10.1. The molecule has 0 amide bonds. The third-order valence-corrected chi connectivity index (χ3v) is 2.70. The highest BCUT2D eigenvalue weighted by molar-refractivity contribution is 5.61. The monoisotopic (exact) mass is 233 g/mol. The first-order valence-electron chi connectivity index (χ1n) is 5.66. The maximum absolute atomic E-state index is 13.8. The van der Waals surface area contributed by atoms with Crippen LogP contribution in [0.25, 0.3) is 11.3 Å². The van der Waals surface area contributed by atoms with Gasteiger partial charge in [0.25, 0.3) is 0 Å². The lowest BCUT2D eigenvalue weighted by Crippen LogP contribution is -2.06. The molecule has 3 nitrogen and oxygen atoms in total. The van der Waals surface area contributed by atoms with E-state index < -0.39 is 0 Å². The molecule has 0 bridgehead atoms. The topological polar surface area (TPSA) is 43.8 Å². The second kappa shape index (κ2) is 4.67. The molecule has 2 aromatic rings. The summed E-state index contributed by atoms with van der Waals surface area (Å²) in [7, 11) is 0. The van der Waals surface area contributed by atoms with E-state index >= 15 is 0 Å². The highest BCUT2D eigenvalue weighted by Crippen LogP contribution is 2.25. The number of rotatable bonds is 3. The molecule has 2 rings (SSSR count). The largest absolute Gasteiger partial charge is 0.326 e. The van der Waals surface area contributed by atoms with Gasteiger partial charge in [0.15, 0.2) is 0 Å². The Balaban J connectivity index is 2.55. The van der Waals surface area contributed by atoms with Crippen LogP contribution in [0, 0.1) is 5.82 Å². The molecule has 0 aliphatic heterocycles. The fraction of sp³-hybridized carbons (Fsp3) is 0.308. The Morgan fingerprint density at radius 1 is 1.35 bits per heavy atom. The van der Waals surface area contributed by atoms with Gasteiger partial charge in [0, 0.05) is 24.3 Å². The van der Waals surface area contributed by atoms with Crippen LogP contribution in [0.4, 0.5) is 4.39 Å². The molecule has 1 aromatic carbocycles. The molecule has 4 heteroatoms. The fourth-order valence-corrected chi connectivity index (χ4v) is 1.83. The van der Waals surface area contributed by atoms with Gasteiger partial charge >= 0.3 is 0 Å². The predicted molar refractivity (Wildman–Crippen MR) is 65.9 cm³/mol. The van der Waals surface area contributed by atoms with Gasteiger partial charge in [-0.25, -0.2) is 4.39 Å². The summed E-state index contributed by atoms with van der Waals surface area (Å²) in [6, 6.07) is 6.95. The van der Waals surface area contributed by atoms with E-state index in [-0.39, 0.29) is 11.9 Å². The van der Waals surface area contributed by atoms with Crippen LogP contribution >= 0.6 is 0 Å². The van der Waals surface area contributed by atoms with Crippen molar-refractivity contribution in [2.45, 2.75) is 26.4 Å². The van der Waals surface area contributed by atoms with E-state index in [1.165, 1.54) is 6.07 Å². The van der Waals surface area contributed by atoms with E-state index in [9.17, 15) is 4.39 Å². The molecule has 0 aliphatic carbocycles. The molecule has 0 aliphatic rings. The fourth-order valence-electron chi connectivity index (χ4n) is 1.83. The predicted octanol–water partition coefficient (Wildman–Crippen LogP) is 2.73. The van der Waals surface area contributed by atoms with Gasteiger partial charge in [-0.15, -0.1) is 0 Å². The van der Waals surface area contributed by atoms with Gasteiger partial charge in [0.1, 0.15) is 5.82 Å². The van der Waals surface area contributed by atoms with Crippen molar-refractivity contribution in [3.8, 4) is 11.3 Å². The third-order valence-electron chi connectivity index (χ3n) is 2.70. The van der Waals surface area contributed by atoms with Gasteiger partial charge in [-0.3, -0.25) is 4.68 Å². The number of nitrogens with two attached hydrogens (primary N) is 1. The van der Waals surface area contributed by atoms with Crippen LogP contribution in [0.1, 0.15) is 25.5 Å². The smallest absolute Gasteiger partial charge is 0.132 e. The van der Waals surface area contributed by atoms with Crippen molar-refractivity contribution in [1.29, 1.82) is 0 Å². The van der Waals surface area contributed by atoms with Gasteiger partial charge in [-0.05, 0) is 37.6 Å². The molecular formula is C13H16FN3. The van der Waals surface area contributed by atoms with Gasteiger partial charge in [-0.2, -0.15) is 5.10 Å². The van der Waals surface area contributed by atoms with Crippen LogP contribution in [-0.4, -0.2) is 9.78 Å². The molecule has 0 radical (unpaired) electrons. The zero-order valence-electron chi connectivity index (χ0n) is 10.0. The number of hydrogen-bond acceptors (Lipinski definition) is 2. The second-order valence-electron chi connectivity index (χ2n) is 4.27. The van der Waals surface area contributed by atoms with Gasteiger partial charge in [0.05, 0.1) is 5.69 Å². The Bertz CT molecular complexity index is 517. The molecular weight excluding hydrogens is 217 g/mol.